The van der Waals surface area contributed by atoms with Crippen LogP contribution < -0.4 is 24.8 Å². The summed E-state index contributed by atoms with van der Waals surface area (Å²) in [6.45, 7) is 2.06. The molecule has 0 spiro atoms. The van der Waals surface area contributed by atoms with Crippen LogP contribution in [0.5, 0.6) is 17.2 Å². The fourth-order valence-corrected chi connectivity index (χ4v) is 3.06. The maximum atomic E-state index is 5.80. The number of rotatable bonds is 6. The molecule has 2 N–H and O–H groups in total. The molecule has 138 valence electrons. The maximum absolute atomic E-state index is 5.80. The minimum atomic E-state index is 0.281. The quantitative estimate of drug-likeness (QED) is 0.503. The molecule has 0 atom stereocenters. The van der Waals surface area contributed by atoms with Gasteiger partial charge in [-0.1, -0.05) is 36.4 Å². The van der Waals surface area contributed by atoms with Crippen molar-refractivity contribution < 1.29 is 14.2 Å². The highest BCUT2D eigenvalue weighted by atomic mass is 32.1. The van der Waals surface area contributed by atoms with Crippen molar-refractivity contribution in [1.82, 2.24) is 10.6 Å². The van der Waals surface area contributed by atoms with Crippen LogP contribution >= 0.6 is 12.2 Å². The molecule has 4 rings (SSSR count). The summed E-state index contributed by atoms with van der Waals surface area (Å²) in [6.07, 6.45) is 0. The van der Waals surface area contributed by atoms with Crippen LogP contribution in [0.4, 0.5) is 0 Å². The van der Waals surface area contributed by atoms with Crippen LogP contribution in [0.2, 0.25) is 0 Å². The first-order valence-electron chi connectivity index (χ1n) is 8.80. The Morgan fingerprint density at radius 1 is 0.926 bits per heavy atom. The van der Waals surface area contributed by atoms with E-state index in [9.17, 15) is 0 Å². The molecule has 0 unspecified atom stereocenters. The van der Waals surface area contributed by atoms with E-state index >= 15 is 0 Å². The summed E-state index contributed by atoms with van der Waals surface area (Å²) in [7, 11) is 0. The lowest BCUT2D eigenvalue weighted by Gasteiger charge is -2.12. The summed E-state index contributed by atoms with van der Waals surface area (Å²) in [4.78, 5) is 0. The summed E-state index contributed by atoms with van der Waals surface area (Å²) in [5, 5.41) is 9.30. The molecule has 27 heavy (non-hydrogen) atoms. The van der Waals surface area contributed by atoms with E-state index in [4.69, 9.17) is 26.4 Å². The summed E-state index contributed by atoms with van der Waals surface area (Å²) in [5.74, 6) is 2.41. The highest BCUT2D eigenvalue weighted by molar-refractivity contribution is 7.80. The van der Waals surface area contributed by atoms with Crippen molar-refractivity contribution >= 4 is 28.1 Å². The van der Waals surface area contributed by atoms with E-state index in [-0.39, 0.29) is 6.79 Å². The molecular weight excluding hydrogens is 360 g/mol. The lowest BCUT2D eigenvalue weighted by Crippen LogP contribution is -2.37. The van der Waals surface area contributed by atoms with E-state index in [1.165, 1.54) is 10.8 Å². The Hall–Kier alpha value is -2.99. The zero-order chi connectivity index (χ0) is 18.5. The smallest absolute Gasteiger partial charge is 0.231 e. The molecule has 0 saturated carbocycles. The lowest BCUT2D eigenvalue weighted by atomic mass is 10.1. The molecule has 0 aliphatic carbocycles. The van der Waals surface area contributed by atoms with E-state index in [0.717, 1.165) is 22.8 Å². The van der Waals surface area contributed by atoms with Crippen LogP contribution in [0.3, 0.4) is 0 Å². The van der Waals surface area contributed by atoms with Crippen LogP contribution in [-0.2, 0) is 6.54 Å². The second-order valence-electron chi connectivity index (χ2n) is 6.15. The standard InChI is InChI=1S/C21H20N2O3S/c27-21(23-13-15-5-8-19-20(11-15)26-14-25-19)22-9-10-24-18-7-6-16-3-1-2-4-17(16)12-18/h1-8,11-12H,9-10,13-14H2,(H2,22,23,27). The molecule has 1 heterocycles. The van der Waals surface area contributed by atoms with Crippen molar-refractivity contribution in [2.75, 3.05) is 19.9 Å². The number of hydrogen-bond acceptors (Lipinski definition) is 4. The van der Waals surface area contributed by atoms with E-state index in [1.54, 1.807) is 0 Å². The molecule has 0 amide bonds. The van der Waals surface area contributed by atoms with Gasteiger partial charge in [0, 0.05) is 6.54 Å². The fraction of sp³-hybridized carbons (Fsp3) is 0.190. The minimum absolute atomic E-state index is 0.281. The predicted octanol–water partition coefficient (Wildman–Crippen LogP) is 3.61. The summed E-state index contributed by atoms with van der Waals surface area (Å²) < 4.78 is 16.5. The van der Waals surface area contributed by atoms with Crippen LogP contribution in [-0.4, -0.2) is 25.1 Å². The molecule has 1 aliphatic rings. The Morgan fingerprint density at radius 3 is 2.70 bits per heavy atom. The molecule has 0 bridgehead atoms. The molecule has 0 aromatic heterocycles. The normalized spacial score (nSPS) is 12.0. The highest BCUT2D eigenvalue weighted by Crippen LogP contribution is 2.32. The van der Waals surface area contributed by atoms with Gasteiger partial charge in [0.25, 0.3) is 0 Å². The van der Waals surface area contributed by atoms with Gasteiger partial charge in [-0.25, -0.2) is 0 Å². The molecule has 5 nitrogen and oxygen atoms in total. The molecular formula is C21H20N2O3S. The molecule has 1 aliphatic heterocycles. The first-order chi connectivity index (χ1) is 13.3. The van der Waals surface area contributed by atoms with Crippen LogP contribution in [0, 0.1) is 0 Å². The van der Waals surface area contributed by atoms with E-state index in [0.29, 0.717) is 24.8 Å². The van der Waals surface area contributed by atoms with Crippen molar-refractivity contribution in [3.63, 3.8) is 0 Å². The van der Waals surface area contributed by atoms with Gasteiger partial charge >= 0.3 is 0 Å². The summed E-state index contributed by atoms with van der Waals surface area (Å²) in [6, 6.07) is 20.2. The summed E-state index contributed by atoms with van der Waals surface area (Å²) in [5.41, 5.74) is 1.08. The first-order valence-corrected chi connectivity index (χ1v) is 9.20. The van der Waals surface area contributed by atoms with Gasteiger partial charge in [0.05, 0.1) is 6.54 Å². The molecule has 3 aromatic carbocycles. The average molecular weight is 380 g/mol. The van der Waals surface area contributed by atoms with E-state index in [1.807, 2.05) is 42.5 Å². The van der Waals surface area contributed by atoms with Crippen molar-refractivity contribution in [2.45, 2.75) is 6.54 Å². The Bertz CT molecular complexity index is 961. The van der Waals surface area contributed by atoms with Crippen LogP contribution in [0.1, 0.15) is 5.56 Å². The maximum Gasteiger partial charge on any atom is 0.231 e. The Balaban J connectivity index is 1.19. The number of nitrogens with one attached hydrogen (secondary N) is 2. The fourth-order valence-electron chi connectivity index (χ4n) is 2.89. The van der Waals surface area contributed by atoms with Gasteiger partial charge in [-0.3, -0.25) is 0 Å². The Labute approximate surface area is 163 Å². The monoisotopic (exact) mass is 380 g/mol. The van der Waals surface area contributed by atoms with Gasteiger partial charge in [-0.05, 0) is 52.8 Å². The second-order valence-corrected chi connectivity index (χ2v) is 6.56. The van der Waals surface area contributed by atoms with Crippen molar-refractivity contribution in [1.29, 1.82) is 0 Å². The first kappa shape index (κ1) is 17.4. The number of ether oxygens (including phenoxy) is 3. The molecule has 0 radical (unpaired) electrons. The third kappa shape index (κ3) is 4.41. The Morgan fingerprint density at radius 2 is 1.78 bits per heavy atom. The van der Waals surface area contributed by atoms with Crippen molar-refractivity contribution in [3.05, 3.63) is 66.2 Å². The Kier molecular flexibility index (Phi) is 5.25. The predicted molar refractivity (Wildman–Crippen MR) is 109 cm³/mol. The second kappa shape index (κ2) is 8.14. The zero-order valence-corrected chi connectivity index (χ0v) is 15.6. The van der Waals surface area contributed by atoms with Crippen LogP contribution in [0.25, 0.3) is 10.8 Å². The minimum Gasteiger partial charge on any atom is -0.492 e. The largest absolute Gasteiger partial charge is 0.492 e. The van der Waals surface area contributed by atoms with E-state index < -0.39 is 0 Å². The molecule has 0 saturated heterocycles. The third-order valence-corrected chi connectivity index (χ3v) is 4.56. The zero-order valence-electron chi connectivity index (χ0n) is 14.7. The van der Waals surface area contributed by atoms with Crippen molar-refractivity contribution in [3.8, 4) is 17.2 Å². The van der Waals surface area contributed by atoms with Gasteiger partial charge in [0.1, 0.15) is 12.4 Å². The number of hydrogen-bond donors (Lipinski definition) is 2. The third-order valence-electron chi connectivity index (χ3n) is 4.27. The average Bonchev–Trinajstić information content (AvgIpc) is 3.17. The molecule has 0 fully saturated rings. The van der Waals surface area contributed by atoms with E-state index in [2.05, 4.69) is 28.8 Å². The van der Waals surface area contributed by atoms with Gasteiger partial charge in [0.2, 0.25) is 6.79 Å². The van der Waals surface area contributed by atoms with Gasteiger partial charge in [-0.15, -0.1) is 0 Å². The number of benzene rings is 3. The number of thiocarbonyl (C=S) groups is 1. The topological polar surface area (TPSA) is 51.8 Å². The highest BCUT2D eigenvalue weighted by Gasteiger charge is 2.13. The molecule has 6 heteroatoms. The SMILES string of the molecule is S=C(NCCOc1ccc2ccccc2c1)NCc1ccc2c(c1)OCO2. The number of fused-ring (bicyclic) bond motifs is 2. The molecule has 3 aromatic rings. The van der Waals surface area contributed by atoms with Gasteiger partial charge in [-0.2, -0.15) is 0 Å². The van der Waals surface area contributed by atoms with Gasteiger partial charge in [0.15, 0.2) is 16.6 Å². The van der Waals surface area contributed by atoms with Crippen molar-refractivity contribution in [2.24, 2.45) is 0 Å². The lowest BCUT2D eigenvalue weighted by molar-refractivity contribution is 0.174. The van der Waals surface area contributed by atoms with Gasteiger partial charge < -0.3 is 24.8 Å². The van der Waals surface area contributed by atoms with Crippen LogP contribution in [0.15, 0.2) is 60.7 Å². The summed E-state index contributed by atoms with van der Waals surface area (Å²) >= 11 is 5.31.